The van der Waals surface area contributed by atoms with Crippen LogP contribution in [0.4, 0.5) is 5.69 Å². The number of furan rings is 1. The standard InChI is InChI=1S/C19H17ClN4O3S2/c20-14-6-10-18(11-7-14)29(25,26)22-13-17-9-8-16(27-17)12-21-24-19(28)23-15-4-2-1-3-5-15/h1-12,22H,13H2,(H2,23,24,28)/b21-12-. The van der Waals surface area contributed by atoms with Crippen molar-refractivity contribution in [2.24, 2.45) is 5.10 Å². The van der Waals surface area contributed by atoms with Gasteiger partial charge >= 0.3 is 0 Å². The van der Waals surface area contributed by atoms with Gasteiger partial charge in [0.15, 0.2) is 5.11 Å². The number of hydrogen-bond acceptors (Lipinski definition) is 5. The predicted molar refractivity (Wildman–Crippen MR) is 118 cm³/mol. The van der Waals surface area contributed by atoms with Gasteiger partial charge in [-0.25, -0.2) is 13.1 Å². The van der Waals surface area contributed by atoms with Crippen molar-refractivity contribution in [3.05, 3.63) is 83.3 Å². The molecule has 1 heterocycles. The molecule has 0 fully saturated rings. The molecule has 0 aliphatic rings. The summed E-state index contributed by atoms with van der Waals surface area (Å²) in [6, 6.07) is 18.7. The van der Waals surface area contributed by atoms with Crippen LogP contribution in [0.5, 0.6) is 0 Å². The van der Waals surface area contributed by atoms with E-state index in [0.29, 0.717) is 21.7 Å². The highest BCUT2D eigenvalue weighted by atomic mass is 35.5. The van der Waals surface area contributed by atoms with Crippen LogP contribution < -0.4 is 15.5 Å². The van der Waals surface area contributed by atoms with Gasteiger partial charge in [0.2, 0.25) is 10.0 Å². The largest absolute Gasteiger partial charge is 0.459 e. The zero-order valence-corrected chi connectivity index (χ0v) is 17.4. The molecule has 0 spiro atoms. The van der Waals surface area contributed by atoms with Crippen LogP contribution in [-0.2, 0) is 16.6 Å². The lowest BCUT2D eigenvalue weighted by molar-refractivity contribution is 0.493. The number of sulfonamides is 1. The van der Waals surface area contributed by atoms with E-state index >= 15 is 0 Å². The lowest BCUT2D eigenvalue weighted by Crippen LogP contribution is -2.23. The van der Waals surface area contributed by atoms with Crippen LogP contribution in [0.15, 0.2) is 81.1 Å². The molecule has 0 unspecified atom stereocenters. The molecule has 0 saturated carbocycles. The number of rotatable bonds is 7. The van der Waals surface area contributed by atoms with Gasteiger partial charge in [-0.15, -0.1) is 0 Å². The number of para-hydroxylation sites is 1. The summed E-state index contributed by atoms with van der Waals surface area (Å²) in [6.45, 7) is 0.000201. The third kappa shape index (κ3) is 6.40. The molecular weight excluding hydrogens is 432 g/mol. The van der Waals surface area contributed by atoms with Crippen molar-refractivity contribution < 1.29 is 12.8 Å². The molecule has 3 N–H and O–H groups in total. The Morgan fingerprint density at radius 1 is 1.07 bits per heavy atom. The fraction of sp³-hybridized carbons (Fsp3) is 0.0526. The number of nitrogens with one attached hydrogen (secondary N) is 3. The first kappa shape index (κ1) is 21.0. The van der Waals surface area contributed by atoms with Crippen LogP contribution in [0, 0.1) is 0 Å². The summed E-state index contributed by atoms with van der Waals surface area (Å²) in [5.74, 6) is 0.884. The van der Waals surface area contributed by atoms with Gasteiger partial charge in [0.25, 0.3) is 0 Å². The highest BCUT2D eigenvalue weighted by molar-refractivity contribution is 7.89. The van der Waals surface area contributed by atoms with Gasteiger partial charge in [-0.1, -0.05) is 29.8 Å². The lowest BCUT2D eigenvalue weighted by Gasteiger charge is -2.06. The molecule has 29 heavy (non-hydrogen) atoms. The smallest absolute Gasteiger partial charge is 0.240 e. The van der Waals surface area contributed by atoms with Crippen LogP contribution in [0.3, 0.4) is 0 Å². The second-order valence-electron chi connectivity index (χ2n) is 5.77. The van der Waals surface area contributed by atoms with Crippen molar-refractivity contribution in [3.63, 3.8) is 0 Å². The summed E-state index contributed by atoms with van der Waals surface area (Å²) >= 11 is 10.9. The number of anilines is 1. The number of hydrazone groups is 1. The summed E-state index contributed by atoms with van der Waals surface area (Å²) in [6.07, 6.45) is 1.44. The summed E-state index contributed by atoms with van der Waals surface area (Å²) < 4.78 is 32.5. The highest BCUT2D eigenvalue weighted by Crippen LogP contribution is 2.15. The number of benzene rings is 2. The van der Waals surface area contributed by atoms with Crippen molar-refractivity contribution in [2.45, 2.75) is 11.4 Å². The Morgan fingerprint density at radius 3 is 2.52 bits per heavy atom. The number of halogens is 1. The molecule has 1 aromatic heterocycles. The van der Waals surface area contributed by atoms with Crippen molar-refractivity contribution >= 4 is 50.9 Å². The summed E-state index contributed by atoms with van der Waals surface area (Å²) in [4.78, 5) is 0.124. The van der Waals surface area contributed by atoms with Crippen LogP contribution in [0.2, 0.25) is 5.02 Å². The van der Waals surface area contributed by atoms with Gasteiger partial charge in [-0.2, -0.15) is 5.10 Å². The first-order chi connectivity index (χ1) is 13.9. The van der Waals surface area contributed by atoms with Crippen molar-refractivity contribution in [1.82, 2.24) is 10.1 Å². The monoisotopic (exact) mass is 448 g/mol. The summed E-state index contributed by atoms with van der Waals surface area (Å²) in [7, 11) is -3.66. The molecule has 0 aliphatic heterocycles. The fourth-order valence-corrected chi connectivity index (χ4v) is 3.55. The zero-order chi connectivity index (χ0) is 20.7. The SMILES string of the molecule is O=S(=O)(NCc1ccc(/C=N\NC(=S)Nc2ccccc2)o1)c1ccc(Cl)cc1. The molecule has 0 aliphatic carbocycles. The van der Waals surface area contributed by atoms with E-state index < -0.39 is 10.0 Å². The molecule has 0 saturated heterocycles. The van der Waals surface area contributed by atoms with E-state index in [1.807, 2.05) is 30.3 Å². The van der Waals surface area contributed by atoms with Crippen molar-refractivity contribution in [3.8, 4) is 0 Å². The average Bonchev–Trinajstić information content (AvgIpc) is 3.15. The topological polar surface area (TPSA) is 95.7 Å². The van der Waals surface area contributed by atoms with E-state index in [9.17, 15) is 8.42 Å². The lowest BCUT2D eigenvalue weighted by atomic mass is 10.3. The fourth-order valence-electron chi connectivity index (χ4n) is 2.26. The highest BCUT2D eigenvalue weighted by Gasteiger charge is 2.14. The molecule has 150 valence electrons. The molecule has 7 nitrogen and oxygen atoms in total. The average molecular weight is 449 g/mol. The molecule has 0 amide bonds. The van der Waals surface area contributed by atoms with E-state index in [2.05, 4.69) is 20.6 Å². The second-order valence-corrected chi connectivity index (χ2v) is 8.38. The van der Waals surface area contributed by atoms with Crippen LogP contribution in [0.1, 0.15) is 11.5 Å². The Bertz CT molecular complexity index is 1100. The van der Waals surface area contributed by atoms with E-state index in [1.165, 1.54) is 30.5 Å². The van der Waals surface area contributed by atoms with Gasteiger partial charge in [0, 0.05) is 10.7 Å². The minimum atomic E-state index is -3.66. The van der Waals surface area contributed by atoms with Crippen LogP contribution >= 0.6 is 23.8 Å². The minimum Gasteiger partial charge on any atom is -0.459 e. The second kappa shape index (κ2) is 9.66. The van der Waals surface area contributed by atoms with Gasteiger partial charge in [-0.3, -0.25) is 5.43 Å². The molecule has 0 radical (unpaired) electrons. The molecule has 2 aromatic carbocycles. The van der Waals surface area contributed by atoms with Gasteiger partial charge in [0.1, 0.15) is 11.5 Å². The first-order valence-electron chi connectivity index (χ1n) is 8.41. The van der Waals surface area contributed by atoms with Gasteiger partial charge in [0.05, 0.1) is 17.7 Å². The number of nitrogens with zero attached hydrogens (tertiary/aromatic N) is 1. The van der Waals surface area contributed by atoms with E-state index in [0.717, 1.165) is 5.69 Å². The van der Waals surface area contributed by atoms with E-state index in [-0.39, 0.29) is 11.4 Å². The molecule has 0 atom stereocenters. The van der Waals surface area contributed by atoms with Crippen LogP contribution in [-0.4, -0.2) is 19.7 Å². The van der Waals surface area contributed by atoms with Crippen LogP contribution in [0.25, 0.3) is 0 Å². The van der Waals surface area contributed by atoms with Crippen molar-refractivity contribution in [1.29, 1.82) is 0 Å². The Labute approximate surface area is 178 Å². The van der Waals surface area contributed by atoms with Gasteiger partial charge < -0.3 is 9.73 Å². The van der Waals surface area contributed by atoms with E-state index in [4.69, 9.17) is 28.2 Å². The molecule has 0 bridgehead atoms. The zero-order valence-electron chi connectivity index (χ0n) is 15.0. The Balaban J connectivity index is 1.50. The third-order valence-corrected chi connectivity index (χ3v) is 5.49. The van der Waals surface area contributed by atoms with E-state index in [1.54, 1.807) is 12.1 Å². The summed E-state index contributed by atoms with van der Waals surface area (Å²) in [5, 5.41) is 7.76. The van der Waals surface area contributed by atoms with Crippen molar-refractivity contribution in [2.75, 3.05) is 5.32 Å². The number of hydrogen-bond donors (Lipinski definition) is 3. The number of thiocarbonyl (C=S) groups is 1. The third-order valence-electron chi connectivity index (χ3n) is 3.63. The molecule has 3 aromatic rings. The summed E-state index contributed by atoms with van der Waals surface area (Å²) in [5.41, 5.74) is 3.52. The molecule has 3 rings (SSSR count). The minimum absolute atomic E-state index is 0.000201. The predicted octanol–water partition coefficient (Wildman–Crippen LogP) is 3.73. The Morgan fingerprint density at radius 2 is 1.79 bits per heavy atom. The Kier molecular flexibility index (Phi) is 6.99. The van der Waals surface area contributed by atoms with Gasteiger partial charge in [-0.05, 0) is 60.7 Å². The Hall–Kier alpha value is -2.72. The maximum absolute atomic E-state index is 12.3. The maximum atomic E-state index is 12.3. The first-order valence-corrected chi connectivity index (χ1v) is 10.7. The molecular formula is C19H17ClN4O3S2. The molecule has 10 heteroatoms. The quantitative estimate of drug-likeness (QED) is 0.289. The normalized spacial score (nSPS) is 11.5. The maximum Gasteiger partial charge on any atom is 0.240 e.